The summed E-state index contributed by atoms with van der Waals surface area (Å²) < 4.78 is 0. The van der Waals surface area contributed by atoms with Crippen LogP contribution in [0.15, 0.2) is 24.4 Å². The topological polar surface area (TPSA) is 40.7 Å². The Bertz CT molecular complexity index is 576. The summed E-state index contributed by atoms with van der Waals surface area (Å²) in [5.74, 6) is 1.83. The number of nitrogens with zero attached hydrogens (tertiary/aromatic N) is 1. The quantitative estimate of drug-likeness (QED) is 0.879. The fraction of sp³-hybridized carbons (Fsp3) is 0.357. The third kappa shape index (κ3) is 3.30. The minimum Gasteiger partial charge on any atom is -0.341 e. The highest BCUT2D eigenvalue weighted by Gasteiger charge is 2.20. The monoisotopic (exact) mass is 295 g/mol. The molecule has 0 saturated heterocycles. The van der Waals surface area contributed by atoms with Crippen LogP contribution >= 0.6 is 23.2 Å². The summed E-state index contributed by atoms with van der Waals surface area (Å²) in [6, 6.07) is 5.58. The van der Waals surface area contributed by atoms with Gasteiger partial charge >= 0.3 is 0 Å². The molecule has 2 aromatic rings. The highest BCUT2D eigenvalue weighted by atomic mass is 35.5. The van der Waals surface area contributed by atoms with Crippen LogP contribution in [0.4, 0.5) is 0 Å². The van der Waals surface area contributed by atoms with Gasteiger partial charge in [-0.15, -0.1) is 0 Å². The Balaban J connectivity index is 1.67. The van der Waals surface area contributed by atoms with Crippen molar-refractivity contribution < 1.29 is 0 Å². The Kier molecular flexibility index (Phi) is 3.78. The smallest absolute Gasteiger partial charge is 0.120 e. The zero-order chi connectivity index (χ0) is 13.2. The number of aromatic amines is 1. The molecule has 0 amide bonds. The first kappa shape index (κ1) is 13.0. The van der Waals surface area contributed by atoms with Crippen LogP contribution < -0.4 is 5.32 Å². The number of hydrogen-bond acceptors (Lipinski definition) is 2. The average Bonchev–Trinajstić information content (AvgIpc) is 3.10. The van der Waals surface area contributed by atoms with E-state index in [-0.39, 0.29) is 0 Å². The zero-order valence-corrected chi connectivity index (χ0v) is 11.9. The molecule has 1 aromatic carbocycles. The number of H-pyrrole nitrogens is 1. The SMILES string of the molecule is Clc1ccc(-c2cnc(CNCC3CC3)[nH]2)cc1Cl. The van der Waals surface area contributed by atoms with Gasteiger partial charge in [0.1, 0.15) is 5.82 Å². The van der Waals surface area contributed by atoms with Crippen molar-refractivity contribution >= 4 is 23.2 Å². The molecule has 3 rings (SSSR count). The van der Waals surface area contributed by atoms with Crippen molar-refractivity contribution in [3.63, 3.8) is 0 Å². The molecule has 0 radical (unpaired) electrons. The summed E-state index contributed by atoms with van der Waals surface area (Å²) in [7, 11) is 0. The summed E-state index contributed by atoms with van der Waals surface area (Å²) in [4.78, 5) is 7.66. The van der Waals surface area contributed by atoms with Gasteiger partial charge in [-0.05, 0) is 37.4 Å². The zero-order valence-electron chi connectivity index (χ0n) is 10.4. The fourth-order valence-corrected chi connectivity index (χ4v) is 2.28. The summed E-state index contributed by atoms with van der Waals surface area (Å²) in [5.41, 5.74) is 1.96. The molecule has 3 nitrogen and oxygen atoms in total. The number of imidazole rings is 1. The van der Waals surface area contributed by atoms with Crippen molar-refractivity contribution in [3.05, 3.63) is 40.3 Å². The normalized spacial score (nSPS) is 14.8. The Morgan fingerprint density at radius 2 is 2.11 bits per heavy atom. The van der Waals surface area contributed by atoms with Gasteiger partial charge in [0.15, 0.2) is 0 Å². The fourth-order valence-electron chi connectivity index (χ4n) is 1.98. The molecule has 5 heteroatoms. The van der Waals surface area contributed by atoms with Crippen LogP contribution in [-0.2, 0) is 6.54 Å². The Hall–Kier alpha value is -1.03. The molecule has 1 aliphatic carbocycles. The van der Waals surface area contributed by atoms with E-state index < -0.39 is 0 Å². The number of benzene rings is 1. The van der Waals surface area contributed by atoms with Crippen LogP contribution in [0.5, 0.6) is 0 Å². The van der Waals surface area contributed by atoms with E-state index in [4.69, 9.17) is 23.2 Å². The molecular formula is C14H15Cl2N3. The van der Waals surface area contributed by atoms with Crippen molar-refractivity contribution in [2.75, 3.05) is 6.54 Å². The molecule has 0 unspecified atom stereocenters. The van der Waals surface area contributed by atoms with E-state index >= 15 is 0 Å². The van der Waals surface area contributed by atoms with Gasteiger partial charge in [-0.25, -0.2) is 4.98 Å². The van der Waals surface area contributed by atoms with Gasteiger partial charge in [-0.1, -0.05) is 29.3 Å². The van der Waals surface area contributed by atoms with E-state index in [1.807, 2.05) is 18.3 Å². The van der Waals surface area contributed by atoms with E-state index in [9.17, 15) is 0 Å². The lowest BCUT2D eigenvalue weighted by Crippen LogP contribution is -2.16. The lowest BCUT2D eigenvalue weighted by molar-refractivity contribution is 0.623. The molecule has 0 atom stereocenters. The number of nitrogens with one attached hydrogen (secondary N) is 2. The van der Waals surface area contributed by atoms with Crippen LogP contribution in [-0.4, -0.2) is 16.5 Å². The lowest BCUT2D eigenvalue weighted by Gasteiger charge is -2.01. The first-order chi connectivity index (χ1) is 9.22. The molecule has 0 spiro atoms. The van der Waals surface area contributed by atoms with Crippen LogP contribution in [0.25, 0.3) is 11.3 Å². The second-order valence-corrected chi connectivity index (χ2v) is 5.76. The second-order valence-electron chi connectivity index (χ2n) is 4.95. The Morgan fingerprint density at radius 1 is 1.26 bits per heavy atom. The molecule has 100 valence electrons. The standard InChI is InChI=1S/C14H15Cl2N3/c15-11-4-3-10(5-12(11)16)13-7-18-14(19-13)8-17-6-9-1-2-9/h3-5,7,9,17H,1-2,6,8H2,(H,18,19). The van der Waals surface area contributed by atoms with Crippen molar-refractivity contribution in [2.45, 2.75) is 19.4 Å². The molecule has 0 aliphatic heterocycles. The Labute approximate surface area is 122 Å². The molecular weight excluding hydrogens is 281 g/mol. The molecule has 0 bridgehead atoms. The van der Waals surface area contributed by atoms with Crippen molar-refractivity contribution in [1.82, 2.24) is 15.3 Å². The molecule has 2 N–H and O–H groups in total. The van der Waals surface area contributed by atoms with Crippen LogP contribution in [0, 0.1) is 5.92 Å². The molecule has 1 heterocycles. The predicted molar refractivity (Wildman–Crippen MR) is 78.5 cm³/mol. The molecule has 1 saturated carbocycles. The number of hydrogen-bond donors (Lipinski definition) is 2. The van der Waals surface area contributed by atoms with Gasteiger partial charge < -0.3 is 10.3 Å². The van der Waals surface area contributed by atoms with E-state index in [0.717, 1.165) is 36.1 Å². The van der Waals surface area contributed by atoms with E-state index in [1.54, 1.807) is 6.07 Å². The predicted octanol–water partition coefficient (Wildman–Crippen LogP) is 3.88. The maximum atomic E-state index is 6.02. The first-order valence-corrected chi connectivity index (χ1v) is 7.18. The molecule has 19 heavy (non-hydrogen) atoms. The number of aromatic nitrogens is 2. The van der Waals surface area contributed by atoms with Crippen LogP contribution in [0.3, 0.4) is 0 Å². The summed E-state index contributed by atoms with van der Waals surface area (Å²) in [6.45, 7) is 1.86. The second kappa shape index (κ2) is 5.53. The summed E-state index contributed by atoms with van der Waals surface area (Å²) in [5, 5.41) is 4.53. The summed E-state index contributed by atoms with van der Waals surface area (Å²) in [6.07, 6.45) is 4.55. The minimum absolute atomic E-state index is 0.558. The molecule has 1 aromatic heterocycles. The highest BCUT2D eigenvalue weighted by Crippen LogP contribution is 2.28. The first-order valence-electron chi connectivity index (χ1n) is 6.42. The van der Waals surface area contributed by atoms with E-state index in [1.165, 1.54) is 12.8 Å². The molecule has 1 fully saturated rings. The van der Waals surface area contributed by atoms with Gasteiger partial charge in [0, 0.05) is 5.56 Å². The van der Waals surface area contributed by atoms with Crippen molar-refractivity contribution in [1.29, 1.82) is 0 Å². The summed E-state index contributed by atoms with van der Waals surface area (Å²) >= 11 is 11.9. The van der Waals surface area contributed by atoms with Gasteiger partial charge in [0.2, 0.25) is 0 Å². The van der Waals surface area contributed by atoms with Gasteiger partial charge in [0.25, 0.3) is 0 Å². The van der Waals surface area contributed by atoms with Crippen LogP contribution in [0.1, 0.15) is 18.7 Å². The number of halogens is 2. The minimum atomic E-state index is 0.558. The van der Waals surface area contributed by atoms with E-state index in [0.29, 0.717) is 10.0 Å². The van der Waals surface area contributed by atoms with Crippen LogP contribution in [0.2, 0.25) is 10.0 Å². The van der Waals surface area contributed by atoms with E-state index in [2.05, 4.69) is 15.3 Å². The lowest BCUT2D eigenvalue weighted by atomic mass is 10.2. The Morgan fingerprint density at radius 3 is 2.84 bits per heavy atom. The number of rotatable bonds is 5. The third-order valence-corrected chi connectivity index (χ3v) is 4.02. The average molecular weight is 296 g/mol. The maximum Gasteiger partial charge on any atom is 0.120 e. The molecule has 1 aliphatic rings. The van der Waals surface area contributed by atoms with Gasteiger partial charge in [-0.2, -0.15) is 0 Å². The third-order valence-electron chi connectivity index (χ3n) is 3.28. The van der Waals surface area contributed by atoms with Crippen molar-refractivity contribution in [3.8, 4) is 11.3 Å². The van der Waals surface area contributed by atoms with Gasteiger partial charge in [-0.3, -0.25) is 0 Å². The maximum absolute atomic E-state index is 6.02. The largest absolute Gasteiger partial charge is 0.341 e. The van der Waals surface area contributed by atoms with Gasteiger partial charge in [0.05, 0.1) is 28.5 Å². The van der Waals surface area contributed by atoms with Crippen molar-refractivity contribution in [2.24, 2.45) is 5.92 Å². The highest BCUT2D eigenvalue weighted by molar-refractivity contribution is 6.42.